The standard InChI is InChI=1S/C15H21N3O2/c1-2-3-4-5-6-12-7-9-13(10-8-12)14(17-18-16)11-15(19)20/h7-10,14H,2-6,11H2,1H3,(H,19,20). The predicted molar refractivity (Wildman–Crippen MR) is 78.4 cm³/mol. The number of nitrogens with zero attached hydrogens (tertiary/aromatic N) is 3. The quantitative estimate of drug-likeness (QED) is 0.308. The number of carbonyl (C=O) groups is 1. The van der Waals surface area contributed by atoms with Crippen LogP contribution >= 0.6 is 0 Å². The molecule has 108 valence electrons. The molecule has 1 unspecified atom stereocenters. The minimum atomic E-state index is -0.967. The number of rotatable bonds is 9. The normalized spacial score (nSPS) is 11.7. The first kappa shape index (κ1) is 16.1. The van der Waals surface area contributed by atoms with Crippen LogP contribution in [0.5, 0.6) is 0 Å². The van der Waals surface area contributed by atoms with Gasteiger partial charge < -0.3 is 5.11 Å². The van der Waals surface area contributed by atoms with Crippen LogP contribution in [-0.4, -0.2) is 11.1 Å². The molecule has 0 radical (unpaired) electrons. The van der Waals surface area contributed by atoms with Crippen molar-refractivity contribution in [3.8, 4) is 0 Å². The molecule has 0 heterocycles. The Morgan fingerprint density at radius 1 is 1.30 bits per heavy atom. The van der Waals surface area contributed by atoms with Crippen LogP contribution in [0.3, 0.4) is 0 Å². The van der Waals surface area contributed by atoms with Crippen LogP contribution in [0.4, 0.5) is 0 Å². The maximum atomic E-state index is 10.7. The van der Waals surface area contributed by atoms with Crippen LogP contribution in [0.1, 0.15) is 56.2 Å². The Kier molecular flexibility index (Phi) is 7.22. The molecule has 0 aromatic heterocycles. The number of unbranched alkanes of at least 4 members (excludes halogenated alkanes) is 3. The molecule has 1 aromatic rings. The maximum Gasteiger partial charge on any atom is 0.304 e. The highest BCUT2D eigenvalue weighted by molar-refractivity contribution is 5.68. The Balaban J connectivity index is 2.63. The lowest BCUT2D eigenvalue weighted by molar-refractivity contribution is -0.137. The van der Waals surface area contributed by atoms with E-state index in [9.17, 15) is 4.79 Å². The second-order valence-electron chi connectivity index (χ2n) is 4.87. The molecule has 5 nitrogen and oxygen atoms in total. The molecule has 0 aliphatic carbocycles. The third kappa shape index (κ3) is 5.76. The molecule has 0 aliphatic heterocycles. The van der Waals surface area contributed by atoms with Crippen molar-refractivity contribution in [2.24, 2.45) is 5.11 Å². The van der Waals surface area contributed by atoms with Gasteiger partial charge in [-0.15, -0.1) is 0 Å². The molecule has 1 atom stereocenters. The summed E-state index contributed by atoms with van der Waals surface area (Å²) in [5.41, 5.74) is 10.5. The molecule has 0 amide bonds. The molecule has 1 aromatic carbocycles. The number of carboxylic acids is 1. The van der Waals surface area contributed by atoms with Gasteiger partial charge in [0.1, 0.15) is 0 Å². The zero-order valence-corrected chi connectivity index (χ0v) is 11.8. The summed E-state index contributed by atoms with van der Waals surface area (Å²) in [5.74, 6) is -0.967. The van der Waals surface area contributed by atoms with Gasteiger partial charge in [-0.3, -0.25) is 4.79 Å². The summed E-state index contributed by atoms with van der Waals surface area (Å²) in [5, 5.41) is 12.4. The van der Waals surface area contributed by atoms with Crippen molar-refractivity contribution in [3.05, 3.63) is 45.8 Å². The van der Waals surface area contributed by atoms with Crippen LogP contribution in [-0.2, 0) is 11.2 Å². The van der Waals surface area contributed by atoms with E-state index in [4.69, 9.17) is 10.6 Å². The molecule has 1 N–H and O–H groups in total. The fraction of sp³-hybridized carbons (Fsp3) is 0.533. The van der Waals surface area contributed by atoms with Gasteiger partial charge in [-0.1, -0.05) is 55.6 Å². The maximum absolute atomic E-state index is 10.7. The van der Waals surface area contributed by atoms with Crippen molar-refractivity contribution in [2.45, 2.75) is 51.5 Å². The van der Waals surface area contributed by atoms with Crippen LogP contribution < -0.4 is 0 Å². The minimum Gasteiger partial charge on any atom is -0.481 e. The van der Waals surface area contributed by atoms with E-state index >= 15 is 0 Å². The Morgan fingerprint density at radius 2 is 2.00 bits per heavy atom. The zero-order valence-electron chi connectivity index (χ0n) is 11.8. The molecular weight excluding hydrogens is 254 g/mol. The predicted octanol–water partition coefficient (Wildman–Crippen LogP) is 4.64. The lowest BCUT2D eigenvalue weighted by Crippen LogP contribution is -2.03. The SMILES string of the molecule is CCCCCCc1ccc(C(CC(=O)O)N=[N+]=[N-])cc1. The summed E-state index contributed by atoms with van der Waals surface area (Å²) in [6.07, 6.45) is 5.74. The van der Waals surface area contributed by atoms with E-state index in [-0.39, 0.29) is 6.42 Å². The number of hydrogen-bond donors (Lipinski definition) is 1. The summed E-state index contributed by atoms with van der Waals surface area (Å²) < 4.78 is 0. The topological polar surface area (TPSA) is 86.1 Å². The summed E-state index contributed by atoms with van der Waals surface area (Å²) in [7, 11) is 0. The van der Waals surface area contributed by atoms with E-state index in [1.54, 1.807) is 0 Å². The van der Waals surface area contributed by atoms with Crippen molar-refractivity contribution in [1.82, 2.24) is 0 Å². The van der Waals surface area contributed by atoms with E-state index in [1.165, 1.54) is 31.2 Å². The molecule has 20 heavy (non-hydrogen) atoms. The molecule has 0 bridgehead atoms. The summed E-state index contributed by atoms with van der Waals surface area (Å²) in [4.78, 5) is 13.5. The van der Waals surface area contributed by atoms with E-state index < -0.39 is 12.0 Å². The minimum absolute atomic E-state index is 0.181. The van der Waals surface area contributed by atoms with E-state index in [2.05, 4.69) is 16.9 Å². The van der Waals surface area contributed by atoms with Gasteiger partial charge in [0.05, 0.1) is 12.5 Å². The molecule has 0 aliphatic rings. The van der Waals surface area contributed by atoms with Gasteiger partial charge in [-0.05, 0) is 29.5 Å². The Labute approximate surface area is 119 Å². The smallest absolute Gasteiger partial charge is 0.304 e. The van der Waals surface area contributed by atoms with Crippen LogP contribution in [0, 0.1) is 0 Å². The summed E-state index contributed by atoms with van der Waals surface area (Å²) in [6, 6.07) is 7.06. The van der Waals surface area contributed by atoms with Crippen molar-refractivity contribution < 1.29 is 9.90 Å². The molecule has 0 fully saturated rings. The third-order valence-electron chi connectivity index (χ3n) is 3.24. The van der Waals surface area contributed by atoms with Crippen molar-refractivity contribution >= 4 is 5.97 Å². The largest absolute Gasteiger partial charge is 0.481 e. The van der Waals surface area contributed by atoms with E-state index in [0.717, 1.165) is 12.0 Å². The second kappa shape index (κ2) is 8.99. The van der Waals surface area contributed by atoms with Gasteiger partial charge in [0.25, 0.3) is 0 Å². The van der Waals surface area contributed by atoms with Gasteiger partial charge in [0.15, 0.2) is 0 Å². The lowest BCUT2D eigenvalue weighted by Gasteiger charge is -2.09. The number of aryl methyl sites for hydroxylation is 1. The Hall–Kier alpha value is -2.00. The fourth-order valence-electron chi connectivity index (χ4n) is 2.12. The van der Waals surface area contributed by atoms with Gasteiger partial charge in [-0.2, -0.15) is 0 Å². The second-order valence-corrected chi connectivity index (χ2v) is 4.87. The average molecular weight is 275 g/mol. The highest BCUT2D eigenvalue weighted by Crippen LogP contribution is 2.22. The number of hydrogen-bond acceptors (Lipinski definition) is 2. The van der Waals surface area contributed by atoms with E-state index in [0.29, 0.717) is 0 Å². The van der Waals surface area contributed by atoms with Gasteiger partial charge in [-0.25, -0.2) is 0 Å². The van der Waals surface area contributed by atoms with Crippen molar-refractivity contribution in [2.75, 3.05) is 0 Å². The summed E-state index contributed by atoms with van der Waals surface area (Å²) in [6.45, 7) is 2.19. The van der Waals surface area contributed by atoms with Gasteiger partial charge >= 0.3 is 5.97 Å². The van der Waals surface area contributed by atoms with Crippen molar-refractivity contribution in [1.29, 1.82) is 0 Å². The highest BCUT2D eigenvalue weighted by Gasteiger charge is 2.13. The molecule has 5 heteroatoms. The van der Waals surface area contributed by atoms with Crippen LogP contribution in [0.2, 0.25) is 0 Å². The van der Waals surface area contributed by atoms with Gasteiger partial charge in [0.2, 0.25) is 0 Å². The summed E-state index contributed by atoms with van der Waals surface area (Å²) >= 11 is 0. The molecule has 0 spiro atoms. The monoisotopic (exact) mass is 275 g/mol. The Bertz CT molecular complexity index is 465. The van der Waals surface area contributed by atoms with Gasteiger partial charge in [0, 0.05) is 4.91 Å². The number of azide groups is 1. The average Bonchev–Trinajstić information content (AvgIpc) is 2.43. The first-order valence-electron chi connectivity index (χ1n) is 7.02. The first-order valence-corrected chi connectivity index (χ1v) is 7.02. The number of benzene rings is 1. The lowest BCUT2D eigenvalue weighted by atomic mass is 10.0. The van der Waals surface area contributed by atoms with E-state index in [1.807, 2.05) is 24.3 Å². The highest BCUT2D eigenvalue weighted by atomic mass is 16.4. The first-order chi connectivity index (χ1) is 9.67. The molecular formula is C15H21N3O2. The molecule has 0 saturated carbocycles. The molecule has 1 rings (SSSR count). The number of aliphatic carboxylic acids is 1. The van der Waals surface area contributed by atoms with Crippen molar-refractivity contribution in [3.63, 3.8) is 0 Å². The van der Waals surface area contributed by atoms with Crippen LogP contribution in [0.25, 0.3) is 10.4 Å². The third-order valence-corrected chi connectivity index (χ3v) is 3.24. The Morgan fingerprint density at radius 3 is 2.55 bits per heavy atom. The molecule has 0 saturated heterocycles. The zero-order chi connectivity index (χ0) is 14.8. The number of carboxylic acid groups (broad SMARTS) is 1. The fourth-order valence-corrected chi connectivity index (χ4v) is 2.12. The van der Waals surface area contributed by atoms with Crippen LogP contribution in [0.15, 0.2) is 29.4 Å².